The fraction of sp³-hybridized carbons (Fsp3) is 0.562. The van der Waals surface area contributed by atoms with E-state index in [-0.39, 0.29) is 5.91 Å². The Labute approximate surface area is 121 Å². The molecule has 3 N–H and O–H groups in total. The number of primary amides is 1. The summed E-state index contributed by atoms with van der Waals surface area (Å²) in [6.07, 6.45) is 2.68. The molecule has 1 saturated carbocycles. The third kappa shape index (κ3) is 3.81. The minimum atomic E-state index is -0.368. The van der Waals surface area contributed by atoms with Gasteiger partial charge in [0.1, 0.15) is 0 Å². The first-order valence-electron chi connectivity index (χ1n) is 7.31. The van der Waals surface area contributed by atoms with Gasteiger partial charge in [0.15, 0.2) is 0 Å². The van der Waals surface area contributed by atoms with Gasteiger partial charge in [-0.15, -0.1) is 0 Å². The molecular formula is C16H25N3O. The minimum absolute atomic E-state index is 0.368. The molecule has 1 fully saturated rings. The Morgan fingerprint density at radius 3 is 2.75 bits per heavy atom. The smallest absolute Gasteiger partial charge is 0.248 e. The van der Waals surface area contributed by atoms with Gasteiger partial charge in [-0.25, -0.2) is 0 Å². The quantitative estimate of drug-likeness (QED) is 0.796. The number of aryl methyl sites for hydroxylation is 1. The Hall–Kier alpha value is -1.39. The highest BCUT2D eigenvalue weighted by atomic mass is 16.1. The topological polar surface area (TPSA) is 58.4 Å². The van der Waals surface area contributed by atoms with Crippen molar-refractivity contribution in [1.82, 2.24) is 10.2 Å². The molecule has 1 amide bonds. The number of nitrogens with one attached hydrogen (secondary N) is 1. The van der Waals surface area contributed by atoms with Gasteiger partial charge >= 0.3 is 0 Å². The molecule has 0 heterocycles. The number of hydrogen-bond donors (Lipinski definition) is 2. The number of carbonyl (C=O) groups is 1. The molecule has 1 aliphatic rings. The average Bonchev–Trinajstić information content (AvgIpc) is 3.23. The molecule has 0 radical (unpaired) electrons. The number of nitrogens with zero attached hydrogens (tertiary/aromatic N) is 1. The van der Waals surface area contributed by atoms with Crippen LogP contribution in [-0.4, -0.2) is 36.5 Å². The summed E-state index contributed by atoms with van der Waals surface area (Å²) in [5.41, 5.74) is 8.18. The van der Waals surface area contributed by atoms with E-state index in [9.17, 15) is 4.79 Å². The highest BCUT2D eigenvalue weighted by Gasteiger charge is 2.28. The summed E-state index contributed by atoms with van der Waals surface area (Å²) >= 11 is 0. The zero-order chi connectivity index (χ0) is 14.7. The van der Waals surface area contributed by atoms with E-state index in [0.29, 0.717) is 11.6 Å². The maximum Gasteiger partial charge on any atom is 0.248 e. The van der Waals surface area contributed by atoms with E-state index in [4.69, 9.17) is 5.73 Å². The molecule has 2 rings (SSSR count). The molecule has 110 valence electrons. The molecule has 0 saturated heterocycles. The van der Waals surface area contributed by atoms with E-state index < -0.39 is 0 Å². The van der Waals surface area contributed by atoms with Gasteiger partial charge in [-0.2, -0.15) is 0 Å². The van der Waals surface area contributed by atoms with Crippen LogP contribution in [-0.2, 0) is 6.54 Å². The van der Waals surface area contributed by atoms with Gasteiger partial charge < -0.3 is 11.1 Å². The zero-order valence-corrected chi connectivity index (χ0v) is 12.6. The summed E-state index contributed by atoms with van der Waals surface area (Å²) in [6.45, 7) is 6.08. The van der Waals surface area contributed by atoms with E-state index in [1.807, 2.05) is 19.1 Å². The Balaban J connectivity index is 1.83. The van der Waals surface area contributed by atoms with Crippen LogP contribution in [0.2, 0.25) is 0 Å². The lowest BCUT2D eigenvalue weighted by Crippen LogP contribution is -2.39. The third-order valence-electron chi connectivity index (χ3n) is 4.20. The lowest BCUT2D eigenvalue weighted by Gasteiger charge is -2.24. The van der Waals surface area contributed by atoms with Gasteiger partial charge in [0.05, 0.1) is 0 Å². The van der Waals surface area contributed by atoms with Crippen LogP contribution in [0.4, 0.5) is 0 Å². The molecule has 4 heteroatoms. The molecule has 1 atom stereocenters. The predicted molar refractivity (Wildman–Crippen MR) is 81.7 cm³/mol. The second-order valence-corrected chi connectivity index (χ2v) is 5.88. The molecule has 20 heavy (non-hydrogen) atoms. The number of rotatable bonds is 7. The van der Waals surface area contributed by atoms with E-state index >= 15 is 0 Å². The van der Waals surface area contributed by atoms with Crippen LogP contribution in [0.25, 0.3) is 0 Å². The first-order chi connectivity index (χ1) is 9.49. The lowest BCUT2D eigenvalue weighted by atomic mass is 10.0. The van der Waals surface area contributed by atoms with Crippen molar-refractivity contribution in [2.75, 3.05) is 13.6 Å². The van der Waals surface area contributed by atoms with Crippen molar-refractivity contribution in [1.29, 1.82) is 0 Å². The Kier molecular flexibility index (Phi) is 4.78. The fourth-order valence-corrected chi connectivity index (χ4v) is 2.45. The van der Waals surface area contributed by atoms with E-state index in [1.165, 1.54) is 18.4 Å². The van der Waals surface area contributed by atoms with Crippen LogP contribution in [0.5, 0.6) is 0 Å². The van der Waals surface area contributed by atoms with Gasteiger partial charge in [-0.3, -0.25) is 9.69 Å². The first-order valence-corrected chi connectivity index (χ1v) is 7.31. The van der Waals surface area contributed by atoms with Gasteiger partial charge in [-0.05, 0) is 57.0 Å². The van der Waals surface area contributed by atoms with Crippen LogP contribution in [0.1, 0.15) is 41.3 Å². The number of likely N-dealkylation sites (N-methyl/N-ethyl adjacent to an activating group) is 1. The normalized spacial score (nSPS) is 16.4. The largest absolute Gasteiger partial charge is 0.366 e. The van der Waals surface area contributed by atoms with E-state index in [2.05, 4.69) is 24.2 Å². The van der Waals surface area contributed by atoms with Crippen LogP contribution in [0, 0.1) is 6.92 Å². The second-order valence-electron chi connectivity index (χ2n) is 5.88. The van der Waals surface area contributed by atoms with E-state index in [1.54, 1.807) is 6.07 Å². The summed E-state index contributed by atoms with van der Waals surface area (Å²) in [6, 6.07) is 6.99. The van der Waals surface area contributed by atoms with Crippen molar-refractivity contribution in [3.8, 4) is 0 Å². The van der Waals surface area contributed by atoms with Crippen LogP contribution >= 0.6 is 0 Å². The summed E-state index contributed by atoms with van der Waals surface area (Å²) in [5, 5.41) is 3.50. The molecule has 0 aromatic heterocycles. The van der Waals surface area contributed by atoms with E-state index in [0.717, 1.165) is 24.7 Å². The number of hydrogen-bond acceptors (Lipinski definition) is 3. The lowest BCUT2D eigenvalue weighted by molar-refractivity contribution is 0.1000. The zero-order valence-electron chi connectivity index (χ0n) is 12.6. The summed E-state index contributed by atoms with van der Waals surface area (Å²) in [7, 11) is 2.21. The highest BCUT2D eigenvalue weighted by molar-refractivity contribution is 5.93. The standard InChI is InChI=1S/C16H25N3O/c1-11-8-13(16(17)20)4-5-14(11)10-18-9-12(2)19(3)15-6-7-15/h4-5,8,12,15,18H,6-7,9-10H2,1-3H3,(H2,17,20). The monoisotopic (exact) mass is 275 g/mol. The van der Waals surface area contributed by atoms with Crippen molar-refractivity contribution in [2.45, 2.75) is 45.3 Å². The van der Waals surface area contributed by atoms with Crippen molar-refractivity contribution in [2.24, 2.45) is 5.73 Å². The number of carbonyl (C=O) groups excluding carboxylic acids is 1. The maximum atomic E-state index is 11.1. The number of benzene rings is 1. The van der Waals surface area contributed by atoms with Crippen molar-refractivity contribution in [3.05, 3.63) is 34.9 Å². The number of nitrogens with two attached hydrogens (primary N) is 1. The molecular weight excluding hydrogens is 250 g/mol. The molecule has 1 aliphatic carbocycles. The van der Waals surface area contributed by atoms with Crippen molar-refractivity contribution >= 4 is 5.91 Å². The average molecular weight is 275 g/mol. The minimum Gasteiger partial charge on any atom is -0.366 e. The van der Waals surface area contributed by atoms with Gasteiger partial charge in [0.2, 0.25) is 5.91 Å². The predicted octanol–water partition coefficient (Wildman–Crippen LogP) is 1.67. The second kappa shape index (κ2) is 6.37. The summed E-state index contributed by atoms with van der Waals surface area (Å²) < 4.78 is 0. The maximum absolute atomic E-state index is 11.1. The molecule has 1 aromatic rings. The fourth-order valence-electron chi connectivity index (χ4n) is 2.45. The molecule has 0 spiro atoms. The van der Waals surface area contributed by atoms with Crippen LogP contribution < -0.4 is 11.1 Å². The first kappa shape index (κ1) is 15.0. The third-order valence-corrected chi connectivity index (χ3v) is 4.20. The number of amides is 1. The van der Waals surface area contributed by atoms with Crippen LogP contribution in [0.15, 0.2) is 18.2 Å². The Bertz CT molecular complexity index is 483. The van der Waals surface area contributed by atoms with Gasteiger partial charge in [-0.1, -0.05) is 6.07 Å². The molecule has 0 aliphatic heterocycles. The molecule has 1 aromatic carbocycles. The Morgan fingerprint density at radius 1 is 1.50 bits per heavy atom. The summed E-state index contributed by atoms with van der Waals surface area (Å²) in [4.78, 5) is 13.6. The molecule has 1 unspecified atom stereocenters. The summed E-state index contributed by atoms with van der Waals surface area (Å²) in [5.74, 6) is -0.368. The van der Waals surface area contributed by atoms with Gasteiger partial charge in [0, 0.05) is 30.7 Å². The Morgan fingerprint density at radius 2 is 2.20 bits per heavy atom. The van der Waals surface area contributed by atoms with Gasteiger partial charge in [0.25, 0.3) is 0 Å². The molecule has 0 bridgehead atoms. The molecule has 4 nitrogen and oxygen atoms in total. The van der Waals surface area contributed by atoms with Crippen molar-refractivity contribution in [3.63, 3.8) is 0 Å². The highest BCUT2D eigenvalue weighted by Crippen LogP contribution is 2.26. The SMILES string of the molecule is Cc1cc(C(N)=O)ccc1CNCC(C)N(C)C1CC1. The van der Waals surface area contributed by atoms with Crippen LogP contribution in [0.3, 0.4) is 0 Å². The van der Waals surface area contributed by atoms with Crippen molar-refractivity contribution < 1.29 is 4.79 Å².